The molecule has 1 aliphatic rings. The summed E-state index contributed by atoms with van der Waals surface area (Å²) in [4.78, 5) is 23.3. The number of nitrogens with one attached hydrogen (secondary N) is 1. The summed E-state index contributed by atoms with van der Waals surface area (Å²) >= 11 is 0. The van der Waals surface area contributed by atoms with E-state index in [9.17, 15) is 22.8 Å². The zero-order chi connectivity index (χ0) is 31.0. The fraction of sp³-hybridized carbons (Fsp3) is 0.371. The summed E-state index contributed by atoms with van der Waals surface area (Å²) in [6.07, 6.45) is -3.78. The number of carbonyl (C=O) groups is 2. The van der Waals surface area contributed by atoms with E-state index in [0.717, 1.165) is 27.8 Å². The predicted octanol–water partition coefficient (Wildman–Crippen LogP) is 8.64. The van der Waals surface area contributed by atoms with Gasteiger partial charge >= 0.3 is 12.1 Å². The van der Waals surface area contributed by atoms with Crippen molar-refractivity contribution < 1.29 is 32.3 Å². The number of amides is 1. The molecule has 1 aliphatic carbocycles. The van der Waals surface area contributed by atoms with E-state index < -0.39 is 29.4 Å². The summed E-state index contributed by atoms with van der Waals surface area (Å²) in [5, 5.41) is 12.3. The number of hydrogen-bond donors (Lipinski definition) is 2. The lowest BCUT2D eigenvalue weighted by molar-refractivity contribution is -0.184. The number of halogens is 3. The third-order valence-corrected chi connectivity index (χ3v) is 8.73. The Labute approximate surface area is 249 Å². The highest BCUT2D eigenvalue weighted by Crippen LogP contribution is 2.50. The average Bonchev–Trinajstić information content (AvgIpc) is 3.40. The first-order valence-electron chi connectivity index (χ1n) is 14.6. The summed E-state index contributed by atoms with van der Waals surface area (Å²) in [6, 6.07) is 23.0. The van der Waals surface area contributed by atoms with E-state index in [-0.39, 0.29) is 31.2 Å². The minimum atomic E-state index is -4.24. The van der Waals surface area contributed by atoms with E-state index in [1.54, 1.807) is 12.1 Å². The van der Waals surface area contributed by atoms with Crippen molar-refractivity contribution in [2.75, 3.05) is 6.54 Å². The number of hydrogen-bond acceptors (Lipinski definition) is 3. The molecule has 0 saturated heterocycles. The van der Waals surface area contributed by atoms with Gasteiger partial charge in [-0.3, -0.25) is 9.59 Å². The van der Waals surface area contributed by atoms with E-state index in [0.29, 0.717) is 24.0 Å². The summed E-state index contributed by atoms with van der Waals surface area (Å²) in [5.41, 5.74) is 4.35. The minimum absolute atomic E-state index is 0.00607. The first kappa shape index (κ1) is 30.4. The van der Waals surface area contributed by atoms with E-state index in [1.807, 2.05) is 48.5 Å². The highest BCUT2D eigenvalue weighted by molar-refractivity contribution is 5.94. The van der Waals surface area contributed by atoms with Gasteiger partial charge in [0.05, 0.1) is 12.3 Å². The molecule has 0 aliphatic heterocycles. The zero-order valence-electron chi connectivity index (χ0n) is 24.6. The van der Waals surface area contributed by atoms with Gasteiger partial charge in [0.1, 0.15) is 11.3 Å². The number of benzene rings is 3. The number of aliphatic carboxylic acids is 1. The third-order valence-electron chi connectivity index (χ3n) is 8.73. The Morgan fingerprint density at radius 1 is 0.907 bits per heavy atom. The van der Waals surface area contributed by atoms with Crippen LogP contribution >= 0.6 is 0 Å². The maximum Gasteiger partial charge on any atom is 0.391 e. The van der Waals surface area contributed by atoms with Crippen molar-refractivity contribution in [2.24, 2.45) is 5.92 Å². The monoisotopic (exact) mass is 591 g/mol. The van der Waals surface area contributed by atoms with E-state index >= 15 is 0 Å². The molecule has 0 bridgehead atoms. The molecular formula is C35H36F3NO4. The standard InChI is InChI=1S/C35H36F3NO4/c1-33(2,3)25-8-4-22(5-9-25)30-21-24-20-28(12-13-29(24)43-30)34(17-14-27(15-18-34)35(36,37)38)26-10-6-23(7-11-26)32(42)39-19-16-31(40)41/h4-13,20-21,27H,14-19H2,1-3H3,(H,39,42)(H,40,41). The molecule has 0 unspecified atom stereocenters. The van der Waals surface area contributed by atoms with Crippen molar-refractivity contribution >= 4 is 22.8 Å². The van der Waals surface area contributed by atoms with Gasteiger partial charge in [0.25, 0.3) is 5.91 Å². The summed E-state index contributed by atoms with van der Waals surface area (Å²) in [5.74, 6) is -2.03. The smallest absolute Gasteiger partial charge is 0.391 e. The van der Waals surface area contributed by atoms with Gasteiger partial charge in [0.15, 0.2) is 0 Å². The van der Waals surface area contributed by atoms with Crippen molar-refractivity contribution in [2.45, 2.75) is 69.9 Å². The minimum Gasteiger partial charge on any atom is -0.481 e. The van der Waals surface area contributed by atoms with Gasteiger partial charge in [-0.15, -0.1) is 0 Å². The van der Waals surface area contributed by atoms with Gasteiger partial charge in [-0.2, -0.15) is 13.2 Å². The van der Waals surface area contributed by atoms with Crippen molar-refractivity contribution in [1.82, 2.24) is 5.32 Å². The largest absolute Gasteiger partial charge is 0.481 e. The lowest BCUT2D eigenvalue weighted by Crippen LogP contribution is -2.37. The van der Waals surface area contributed by atoms with Crippen LogP contribution in [0.2, 0.25) is 0 Å². The van der Waals surface area contributed by atoms with E-state index in [4.69, 9.17) is 9.52 Å². The van der Waals surface area contributed by atoms with Crippen molar-refractivity contribution in [3.63, 3.8) is 0 Å². The second kappa shape index (κ2) is 11.5. The number of furan rings is 1. The molecule has 8 heteroatoms. The van der Waals surface area contributed by atoms with Crippen LogP contribution in [-0.2, 0) is 15.6 Å². The Bertz CT molecular complexity index is 1600. The Hall–Kier alpha value is -4.07. The molecule has 226 valence electrons. The first-order valence-corrected chi connectivity index (χ1v) is 14.6. The fourth-order valence-electron chi connectivity index (χ4n) is 6.13. The molecule has 1 heterocycles. The lowest BCUT2D eigenvalue weighted by atomic mass is 9.63. The predicted molar refractivity (Wildman–Crippen MR) is 160 cm³/mol. The molecule has 43 heavy (non-hydrogen) atoms. The van der Waals surface area contributed by atoms with Crippen LogP contribution in [0.25, 0.3) is 22.3 Å². The number of alkyl halides is 3. The molecule has 0 spiro atoms. The number of fused-ring (bicyclic) bond motifs is 1. The van der Waals surface area contributed by atoms with Gasteiger partial charge in [-0.25, -0.2) is 0 Å². The molecule has 5 nitrogen and oxygen atoms in total. The molecule has 1 amide bonds. The molecule has 1 aromatic heterocycles. The van der Waals surface area contributed by atoms with Gasteiger partial charge in [-0.05, 0) is 78.1 Å². The molecule has 2 N–H and O–H groups in total. The second-order valence-electron chi connectivity index (χ2n) is 12.6. The average molecular weight is 592 g/mol. The quantitative estimate of drug-likeness (QED) is 0.225. The van der Waals surface area contributed by atoms with Crippen LogP contribution in [0.4, 0.5) is 13.2 Å². The maximum atomic E-state index is 13.7. The normalized spacial score (nSPS) is 19.3. The Morgan fingerprint density at radius 3 is 2.12 bits per heavy atom. The zero-order valence-corrected chi connectivity index (χ0v) is 24.6. The molecule has 5 rings (SSSR count). The topological polar surface area (TPSA) is 79.5 Å². The van der Waals surface area contributed by atoms with Gasteiger partial charge in [0.2, 0.25) is 0 Å². The Morgan fingerprint density at radius 2 is 1.53 bits per heavy atom. The van der Waals surface area contributed by atoms with Crippen LogP contribution in [0.5, 0.6) is 0 Å². The molecule has 3 aromatic carbocycles. The van der Waals surface area contributed by atoms with Crippen LogP contribution in [0, 0.1) is 5.92 Å². The molecular weight excluding hydrogens is 555 g/mol. The lowest BCUT2D eigenvalue weighted by Gasteiger charge is -2.42. The number of carboxylic acids is 1. The van der Waals surface area contributed by atoms with Crippen LogP contribution in [0.3, 0.4) is 0 Å². The van der Waals surface area contributed by atoms with Crippen LogP contribution in [-0.4, -0.2) is 29.7 Å². The molecule has 0 radical (unpaired) electrons. The molecule has 4 aromatic rings. The van der Waals surface area contributed by atoms with Gasteiger partial charge in [0, 0.05) is 28.5 Å². The summed E-state index contributed by atoms with van der Waals surface area (Å²) < 4.78 is 47.2. The van der Waals surface area contributed by atoms with E-state index in [2.05, 4.69) is 38.2 Å². The SMILES string of the molecule is CC(C)(C)c1ccc(-c2cc3cc(C4(c5ccc(C(=O)NCCC(=O)O)cc5)CCC(C(F)(F)F)CC4)ccc3o2)cc1. The van der Waals surface area contributed by atoms with Crippen LogP contribution < -0.4 is 5.32 Å². The summed E-state index contributed by atoms with van der Waals surface area (Å²) in [6.45, 7) is 6.49. The summed E-state index contributed by atoms with van der Waals surface area (Å²) in [7, 11) is 0. The number of carboxylic acid groups (broad SMARTS) is 1. The Balaban J connectivity index is 1.47. The van der Waals surface area contributed by atoms with Crippen molar-refractivity contribution in [3.8, 4) is 11.3 Å². The van der Waals surface area contributed by atoms with Crippen LogP contribution in [0.15, 0.2) is 77.2 Å². The first-order chi connectivity index (χ1) is 20.3. The Kier molecular flexibility index (Phi) is 8.16. The molecule has 1 fully saturated rings. The van der Waals surface area contributed by atoms with Crippen LogP contribution in [0.1, 0.15) is 79.9 Å². The highest BCUT2D eigenvalue weighted by Gasteiger charge is 2.47. The fourth-order valence-corrected chi connectivity index (χ4v) is 6.13. The highest BCUT2D eigenvalue weighted by atomic mass is 19.4. The van der Waals surface area contributed by atoms with E-state index in [1.165, 1.54) is 5.56 Å². The van der Waals surface area contributed by atoms with Gasteiger partial charge in [-0.1, -0.05) is 63.2 Å². The number of rotatable bonds is 7. The maximum absolute atomic E-state index is 13.7. The van der Waals surface area contributed by atoms with Crippen molar-refractivity contribution in [1.29, 1.82) is 0 Å². The third kappa shape index (κ3) is 6.48. The number of carbonyl (C=O) groups excluding carboxylic acids is 1. The van der Waals surface area contributed by atoms with Gasteiger partial charge < -0.3 is 14.8 Å². The second-order valence-corrected chi connectivity index (χ2v) is 12.6. The van der Waals surface area contributed by atoms with Crippen molar-refractivity contribution in [3.05, 3.63) is 95.1 Å². The molecule has 1 saturated carbocycles. The molecule has 0 atom stereocenters.